The van der Waals surface area contributed by atoms with Crippen LogP contribution in [-0.4, -0.2) is 36.4 Å². The van der Waals surface area contributed by atoms with E-state index in [1.165, 1.54) is 0 Å². The lowest BCUT2D eigenvalue weighted by Crippen LogP contribution is -2.44. The smallest absolute Gasteiger partial charge is 0.219 e. The van der Waals surface area contributed by atoms with Gasteiger partial charge < -0.3 is 16.0 Å². The molecule has 0 unspecified atom stereocenters. The van der Waals surface area contributed by atoms with Gasteiger partial charge in [-0.3, -0.25) is 10.2 Å². The van der Waals surface area contributed by atoms with Crippen molar-refractivity contribution in [2.75, 3.05) is 19.6 Å². The minimum atomic E-state index is 0.150. The summed E-state index contributed by atoms with van der Waals surface area (Å²) < 4.78 is 0. The number of rotatable bonds is 4. The molecule has 0 aromatic heterocycles. The average molecular weight is 226 g/mol. The molecule has 1 saturated heterocycles. The van der Waals surface area contributed by atoms with Crippen molar-refractivity contribution in [3.8, 4) is 0 Å². The first kappa shape index (κ1) is 12.8. The maximum atomic E-state index is 11.3. The molecular formula is C11H22N4O. The van der Waals surface area contributed by atoms with Gasteiger partial charge in [0.05, 0.1) is 0 Å². The third-order valence-electron chi connectivity index (χ3n) is 3.02. The van der Waals surface area contributed by atoms with Crippen molar-refractivity contribution in [2.45, 2.75) is 32.6 Å². The molecule has 0 saturated carbocycles. The first-order valence-electron chi connectivity index (χ1n) is 5.99. The summed E-state index contributed by atoms with van der Waals surface area (Å²) in [4.78, 5) is 13.2. The Kier molecular flexibility index (Phi) is 5.08. The number of nitrogens with zero attached hydrogens (tertiary/aromatic N) is 1. The predicted molar refractivity (Wildman–Crippen MR) is 64.1 cm³/mol. The van der Waals surface area contributed by atoms with Crippen LogP contribution < -0.4 is 11.1 Å². The molecule has 1 fully saturated rings. The van der Waals surface area contributed by atoms with E-state index in [1.54, 1.807) is 0 Å². The van der Waals surface area contributed by atoms with E-state index in [9.17, 15) is 4.79 Å². The molecule has 92 valence electrons. The number of nitrogens with two attached hydrogens (primary N) is 1. The van der Waals surface area contributed by atoms with Crippen molar-refractivity contribution in [1.29, 1.82) is 5.41 Å². The van der Waals surface area contributed by atoms with Crippen LogP contribution in [0.1, 0.15) is 32.6 Å². The second kappa shape index (κ2) is 6.35. The lowest BCUT2D eigenvalue weighted by atomic mass is 9.97. The fourth-order valence-corrected chi connectivity index (χ4v) is 1.95. The molecule has 0 radical (unpaired) electrons. The number of nitrogens with one attached hydrogen (secondary N) is 2. The van der Waals surface area contributed by atoms with Crippen LogP contribution in [-0.2, 0) is 4.79 Å². The molecule has 5 nitrogen and oxygen atoms in total. The van der Waals surface area contributed by atoms with Crippen molar-refractivity contribution in [1.82, 2.24) is 10.2 Å². The predicted octanol–water partition coefficient (Wildman–Crippen LogP) is 0.508. The first-order valence-corrected chi connectivity index (χ1v) is 5.99. The van der Waals surface area contributed by atoms with Crippen LogP contribution in [0.2, 0.25) is 0 Å². The van der Waals surface area contributed by atoms with Crippen LogP contribution in [0.25, 0.3) is 0 Å². The van der Waals surface area contributed by atoms with E-state index in [0.717, 1.165) is 38.9 Å². The Morgan fingerprint density at radius 2 is 2.12 bits per heavy atom. The first-order chi connectivity index (χ1) is 7.63. The van der Waals surface area contributed by atoms with Gasteiger partial charge in [0, 0.05) is 26.1 Å². The quantitative estimate of drug-likeness (QED) is 0.482. The number of carbonyl (C=O) groups is 1. The number of likely N-dealkylation sites (tertiary alicyclic amines) is 1. The number of piperidine rings is 1. The van der Waals surface area contributed by atoms with E-state index in [4.69, 9.17) is 11.1 Å². The monoisotopic (exact) mass is 226 g/mol. The summed E-state index contributed by atoms with van der Waals surface area (Å²) in [6, 6.07) is 0. The highest BCUT2D eigenvalue weighted by Gasteiger charge is 2.19. The molecule has 4 N–H and O–H groups in total. The molecule has 0 spiro atoms. The topological polar surface area (TPSA) is 82.2 Å². The second-order valence-corrected chi connectivity index (χ2v) is 4.37. The summed E-state index contributed by atoms with van der Waals surface area (Å²) in [5, 5.41) is 10.3. The Balaban J connectivity index is 2.17. The molecule has 1 heterocycles. The van der Waals surface area contributed by atoms with Gasteiger partial charge in [-0.25, -0.2) is 0 Å². The summed E-state index contributed by atoms with van der Waals surface area (Å²) >= 11 is 0. The molecular weight excluding hydrogens is 204 g/mol. The third-order valence-corrected chi connectivity index (χ3v) is 3.02. The lowest BCUT2D eigenvalue weighted by molar-refractivity contribution is -0.121. The number of amides is 1. The van der Waals surface area contributed by atoms with Crippen LogP contribution in [0.5, 0.6) is 0 Å². The average Bonchev–Trinajstić information content (AvgIpc) is 2.27. The van der Waals surface area contributed by atoms with E-state index in [2.05, 4.69) is 5.32 Å². The molecule has 5 heteroatoms. The van der Waals surface area contributed by atoms with Crippen molar-refractivity contribution >= 4 is 11.9 Å². The normalized spacial score (nSPS) is 17.2. The molecule has 0 bridgehead atoms. The molecule has 16 heavy (non-hydrogen) atoms. The fraction of sp³-hybridized carbons (Fsp3) is 0.818. The molecule has 1 amide bonds. The summed E-state index contributed by atoms with van der Waals surface area (Å²) in [5.74, 6) is 0.848. The van der Waals surface area contributed by atoms with E-state index >= 15 is 0 Å². The Hall–Kier alpha value is -1.26. The molecule has 0 aromatic rings. The van der Waals surface area contributed by atoms with E-state index < -0.39 is 0 Å². The highest BCUT2D eigenvalue weighted by Crippen LogP contribution is 2.15. The Morgan fingerprint density at radius 1 is 1.50 bits per heavy atom. The van der Waals surface area contributed by atoms with E-state index in [-0.39, 0.29) is 11.9 Å². The van der Waals surface area contributed by atoms with Gasteiger partial charge in [-0.1, -0.05) is 6.92 Å². The number of hydrogen-bond acceptors (Lipinski definition) is 2. The van der Waals surface area contributed by atoms with E-state index in [1.807, 2.05) is 11.8 Å². The van der Waals surface area contributed by atoms with Crippen LogP contribution in [0.4, 0.5) is 0 Å². The van der Waals surface area contributed by atoms with Gasteiger partial charge >= 0.3 is 0 Å². The van der Waals surface area contributed by atoms with Gasteiger partial charge in [0.2, 0.25) is 5.91 Å². The third kappa shape index (κ3) is 4.08. The minimum Gasteiger partial charge on any atom is -0.370 e. The van der Waals surface area contributed by atoms with Crippen molar-refractivity contribution < 1.29 is 4.79 Å². The summed E-state index contributed by atoms with van der Waals surface area (Å²) in [5.41, 5.74) is 5.41. The second-order valence-electron chi connectivity index (χ2n) is 4.37. The fourth-order valence-electron chi connectivity index (χ4n) is 1.95. The highest BCUT2D eigenvalue weighted by atomic mass is 16.1. The van der Waals surface area contributed by atoms with Gasteiger partial charge in [0.15, 0.2) is 5.96 Å². The van der Waals surface area contributed by atoms with Gasteiger partial charge in [-0.2, -0.15) is 0 Å². The molecule has 0 aromatic carbocycles. The maximum Gasteiger partial charge on any atom is 0.219 e. The zero-order chi connectivity index (χ0) is 12.0. The highest BCUT2D eigenvalue weighted by molar-refractivity contribution is 5.75. The summed E-state index contributed by atoms with van der Waals surface area (Å²) in [7, 11) is 0. The van der Waals surface area contributed by atoms with Crippen LogP contribution >= 0.6 is 0 Å². The van der Waals surface area contributed by atoms with Gasteiger partial charge in [0.25, 0.3) is 0 Å². The van der Waals surface area contributed by atoms with Crippen LogP contribution in [0.15, 0.2) is 0 Å². The molecule has 1 aliphatic heterocycles. The molecule has 1 aliphatic rings. The standard InChI is InChI=1S/C11H22N4O/c1-2-3-10(16)14-8-9-4-6-15(7-5-9)11(12)13/h9H,2-8H2,1H3,(H3,12,13)(H,14,16). The zero-order valence-electron chi connectivity index (χ0n) is 9.96. The molecule has 0 aliphatic carbocycles. The van der Waals surface area contributed by atoms with Gasteiger partial charge in [-0.15, -0.1) is 0 Å². The Morgan fingerprint density at radius 3 is 2.62 bits per heavy atom. The van der Waals surface area contributed by atoms with Crippen molar-refractivity contribution in [3.05, 3.63) is 0 Å². The summed E-state index contributed by atoms with van der Waals surface area (Å²) in [6.45, 7) is 4.45. The number of guanidine groups is 1. The molecule has 1 rings (SSSR count). The SMILES string of the molecule is CCCC(=O)NCC1CCN(C(=N)N)CC1. The van der Waals surface area contributed by atoms with E-state index in [0.29, 0.717) is 12.3 Å². The zero-order valence-corrected chi connectivity index (χ0v) is 9.96. The Labute approximate surface area is 96.9 Å². The van der Waals surface area contributed by atoms with Crippen molar-refractivity contribution in [2.24, 2.45) is 11.7 Å². The van der Waals surface area contributed by atoms with Crippen LogP contribution in [0.3, 0.4) is 0 Å². The van der Waals surface area contributed by atoms with Gasteiger partial charge in [0.1, 0.15) is 0 Å². The van der Waals surface area contributed by atoms with Crippen LogP contribution in [0, 0.1) is 11.3 Å². The Bertz CT molecular complexity index is 246. The summed E-state index contributed by atoms with van der Waals surface area (Å²) in [6.07, 6.45) is 3.53. The van der Waals surface area contributed by atoms with Crippen molar-refractivity contribution in [3.63, 3.8) is 0 Å². The lowest BCUT2D eigenvalue weighted by Gasteiger charge is -2.32. The van der Waals surface area contributed by atoms with Gasteiger partial charge in [-0.05, 0) is 25.2 Å². The largest absolute Gasteiger partial charge is 0.370 e. The molecule has 0 atom stereocenters. The number of carbonyl (C=O) groups excluding carboxylic acids is 1. The minimum absolute atomic E-state index is 0.150. The maximum absolute atomic E-state index is 11.3. The number of hydrogen-bond donors (Lipinski definition) is 3.